The number of hydrogen-bond acceptors (Lipinski definition) is 2. The van der Waals surface area contributed by atoms with Gasteiger partial charge >= 0.3 is 0 Å². The molecular formula is C12H12Cl2N2. The zero-order valence-corrected chi connectivity index (χ0v) is 10.4. The molecule has 0 fully saturated rings. The first-order chi connectivity index (χ1) is 7.61. The van der Waals surface area contributed by atoms with Gasteiger partial charge in [0.2, 0.25) is 0 Å². The lowest BCUT2D eigenvalue weighted by atomic mass is 10.1. The summed E-state index contributed by atoms with van der Waals surface area (Å²) >= 11 is 12.1. The highest BCUT2D eigenvalue weighted by molar-refractivity contribution is 6.38. The third kappa shape index (κ3) is 2.14. The monoisotopic (exact) mass is 254 g/mol. The van der Waals surface area contributed by atoms with Crippen LogP contribution in [-0.2, 0) is 6.42 Å². The van der Waals surface area contributed by atoms with E-state index in [1.54, 1.807) is 6.07 Å². The molecule has 1 aromatic heterocycles. The van der Waals surface area contributed by atoms with Crippen LogP contribution >= 0.6 is 23.2 Å². The van der Waals surface area contributed by atoms with Gasteiger partial charge in [0.05, 0.1) is 10.5 Å². The summed E-state index contributed by atoms with van der Waals surface area (Å²) in [4.78, 5) is 4.50. The van der Waals surface area contributed by atoms with Crippen LogP contribution in [0.1, 0.15) is 11.3 Å². The topological polar surface area (TPSA) is 38.9 Å². The summed E-state index contributed by atoms with van der Waals surface area (Å²) in [6, 6.07) is 5.63. The van der Waals surface area contributed by atoms with Crippen LogP contribution in [0.3, 0.4) is 0 Å². The van der Waals surface area contributed by atoms with Gasteiger partial charge < -0.3 is 5.73 Å². The van der Waals surface area contributed by atoms with E-state index in [-0.39, 0.29) is 0 Å². The minimum absolute atomic E-state index is 0.586. The van der Waals surface area contributed by atoms with Gasteiger partial charge in [-0.05, 0) is 37.2 Å². The predicted octanol–water partition coefficient (Wildman–Crippen LogP) is 3.35. The van der Waals surface area contributed by atoms with E-state index >= 15 is 0 Å². The van der Waals surface area contributed by atoms with Crippen molar-refractivity contribution < 1.29 is 0 Å². The first-order valence-corrected chi connectivity index (χ1v) is 5.82. The van der Waals surface area contributed by atoms with E-state index in [1.165, 1.54) is 0 Å². The third-order valence-corrected chi connectivity index (χ3v) is 3.00. The van der Waals surface area contributed by atoms with Crippen molar-refractivity contribution in [1.29, 1.82) is 0 Å². The second-order valence-electron chi connectivity index (χ2n) is 3.75. The smallest absolute Gasteiger partial charge is 0.0895 e. The number of aryl methyl sites for hydroxylation is 1. The molecule has 2 rings (SSSR count). The molecule has 1 aromatic carbocycles. The minimum Gasteiger partial charge on any atom is -0.330 e. The highest BCUT2D eigenvalue weighted by Gasteiger charge is 2.07. The first-order valence-electron chi connectivity index (χ1n) is 5.07. The summed E-state index contributed by atoms with van der Waals surface area (Å²) in [7, 11) is 0. The summed E-state index contributed by atoms with van der Waals surface area (Å²) in [6.07, 6.45) is 0.760. The predicted molar refractivity (Wildman–Crippen MR) is 69.3 cm³/mol. The summed E-state index contributed by atoms with van der Waals surface area (Å²) in [5.41, 5.74) is 8.42. The molecule has 2 N–H and O–H groups in total. The fourth-order valence-electron chi connectivity index (χ4n) is 1.76. The van der Waals surface area contributed by atoms with E-state index in [1.807, 2.05) is 19.1 Å². The van der Waals surface area contributed by atoms with Crippen molar-refractivity contribution in [2.24, 2.45) is 5.73 Å². The average molecular weight is 255 g/mol. The zero-order valence-electron chi connectivity index (χ0n) is 8.93. The average Bonchev–Trinajstić information content (AvgIpc) is 2.20. The largest absolute Gasteiger partial charge is 0.330 e. The molecular weight excluding hydrogens is 243 g/mol. The van der Waals surface area contributed by atoms with Crippen molar-refractivity contribution in [2.45, 2.75) is 13.3 Å². The summed E-state index contributed by atoms with van der Waals surface area (Å²) in [6.45, 7) is 2.61. The number of rotatable bonds is 2. The maximum absolute atomic E-state index is 6.13. The Bertz CT molecular complexity index is 538. The van der Waals surface area contributed by atoms with Gasteiger partial charge in [-0.15, -0.1) is 0 Å². The molecule has 2 nitrogen and oxygen atoms in total. The second-order valence-corrected chi connectivity index (χ2v) is 4.60. The number of aromatic nitrogens is 1. The Morgan fingerprint density at radius 3 is 2.69 bits per heavy atom. The molecule has 0 aliphatic carbocycles. The van der Waals surface area contributed by atoms with Crippen molar-refractivity contribution in [3.63, 3.8) is 0 Å². The van der Waals surface area contributed by atoms with Crippen LogP contribution in [0, 0.1) is 6.92 Å². The molecule has 0 radical (unpaired) electrons. The number of hydrogen-bond donors (Lipinski definition) is 1. The Labute approximate surface area is 104 Å². The second kappa shape index (κ2) is 4.58. The lowest BCUT2D eigenvalue weighted by molar-refractivity contribution is 0.930. The van der Waals surface area contributed by atoms with Crippen LogP contribution in [0.5, 0.6) is 0 Å². The number of pyridine rings is 1. The molecule has 16 heavy (non-hydrogen) atoms. The molecule has 1 heterocycles. The van der Waals surface area contributed by atoms with Crippen molar-refractivity contribution in [1.82, 2.24) is 4.98 Å². The van der Waals surface area contributed by atoms with Gasteiger partial charge in [0, 0.05) is 22.5 Å². The Balaban J connectivity index is 2.71. The Kier molecular flexibility index (Phi) is 3.33. The number of benzene rings is 1. The molecule has 0 aliphatic heterocycles. The van der Waals surface area contributed by atoms with Gasteiger partial charge in [0.15, 0.2) is 0 Å². The van der Waals surface area contributed by atoms with Gasteiger partial charge in [-0.1, -0.05) is 23.2 Å². The molecule has 0 aliphatic rings. The number of fused-ring (bicyclic) bond motifs is 1. The van der Waals surface area contributed by atoms with E-state index in [9.17, 15) is 0 Å². The standard InChI is InChI=1S/C12H12Cl2N2/c1-7-4-9(2-3-15)16-12-10(7)5-8(13)6-11(12)14/h4-6H,2-3,15H2,1H3. The van der Waals surface area contributed by atoms with Crippen LogP contribution < -0.4 is 5.73 Å². The number of nitrogens with zero attached hydrogens (tertiary/aromatic N) is 1. The van der Waals surface area contributed by atoms with Crippen molar-refractivity contribution in [3.8, 4) is 0 Å². The SMILES string of the molecule is Cc1cc(CCN)nc2c(Cl)cc(Cl)cc12. The van der Waals surface area contributed by atoms with Crippen LogP contribution in [0.2, 0.25) is 10.0 Å². The van der Waals surface area contributed by atoms with Gasteiger partial charge in [0.25, 0.3) is 0 Å². The Morgan fingerprint density at radius 2 is 2.00 bits per heavy atom. The molecule has 4 heteroatoms. The third-order valence-electron chi connectivity index (χ3n) is 2.49. The highest BCUT2D eigenvalue weighted by atomic mass is 35.5. The van der Waals surface area contributed by atoms with Crippen LogP contribution in [-0.4, -0.2) is 11.5 Å². The quantitative estimate of drug-likeness (QED) is 0.893. The Morgan fingerprint density at radius 1 is 1.25 bits per heavy atom. The molecule has 0 unspecified atom stereocenters. The summed E-state index contributed by atoms with van der Waals surface area (Å²) in [5, 5.41) is 2.22. The normalized spacial score (nSPS) is 11.0. The summed E-state index contributed by atoms with van der Waals surface area (Å²) in [5.74, 6) is 0. The Hall–Kier alpha value is -0.830. The summed E-state index contributed by atoms with van der Waals surface area (Å²) < 4.78 is 0. The molecule has 0 saturated carbocycles. The van der Waals surface area contributed by atoms with Crippen LogP contribution in [0.15, 0.2) is 18.2 Å². The molecule has 0 spiro atoms. The van der Waals surface area contributed by atoms with Gasteiger partial charge in [0.1, 0.15) is 0 Å². The molecule has 84 valence electrons. The molecule has 0 atom stereocenters. The van der Waals surface area contributed by atoms with Gasteiger partial charge in [-0.25, -0.2) is 0 Å². The van der Waals surface area contributed by atoms with Crippen LogP contribution in [0.25, 0.3) is 10.9 Å². The van der Waals surface area contributed by atoms with E-state index in [0.717, 1.165) is 28.6 Å². The van der Waals surface area contributed by atoms with Gasteiger partial charge in [-0.3, -0.25) is 4.98 Å². The highest BCUT2D eigenvalue weighted by Crippen LogP contribution is 2.28. The molecule has 2 aromatic rings. The van der Waals surface area contributed by atoms with E-state index < -0.39 is 0 Å². The molecule has 0 saturated heterocycles. The van der Waals surface area contributed by atoms with Crippen molar-refractivity contribution in [3.05, 3.63) is 39.5 Å². The van der Waals surface area contributed by atoms with E-state index in [2.05, 4.69) is 4.98 Å². The van der Waals surface area contributed by atoms with Crippen molar-refractivity contribution >= 4 is 34.1 Å². The van der Waals surface area contributed by atoms with E-state index in [0.29, 0.717) is 16.6 Å². The first kappa shape index (κ1) is 11.6. The van der Waals surface area contributed by atoms with E-state index in [4.69, 9.17) is 28.9 Å². The number of halogens is 2. The van der Waals surface area contributed by atoms with Crippen molar-refractivity contribution in [2.75, 3.05) is 6.54 Å². The minimum atomic E-state index is 0.586. The number of nitrogens with two attached hydrogens (primary N) is 1. The zero-order chi connectivity index (χ0) is 11.7. The fourth-order valence-corrected chi connectivity index (χ4v) is 2.30. The maximum Gasteiger partial charge on any atom is 0.0895 e. The molecule has 0 bridgehead atoms. The molecule has 0 amide bonds. The lowest BCUT2D eigenvalue weighted by Gasteiger charge is -2.07. The maximum atomic E-state index is 6.13. The van der Waals surface area contributed by atoms with Gasteiger partial charge in [-0.2, -0.15) is 0 Å². The van der Waals surface area contributed by atoms with Crippen LogP contribution in [0.4, 0.5) is 0 Å². The lowest BCUT2D eigenvalue weighted by Crippen LogP contribution is -2.05. The fraction of sp³-hybridized carbons (Fsp3) is 0.250.